The lowest BCUT2D eigenvalue weighted by Gasteiger charge is -2.30. The second kappa shape index (κ2) is 3.86. The van der Waals surface area contributed by atoms with E-state index in [0.717, 1.165) is 5.01 Å². The van der Waals surface area contributed by atoms with Crippen molar-refractivity contribution in [2.75, 3.05) is 13.2 Å². The first kappa shape index (κ1) is 10.5. The van der Waals surface area contributed by atoms with Gasteiger partial charge in [-0.15, -0.1) is 21.5 Å². The topological polar surface area (TPSA) is 72.3 Å². The number of carboxylic acid groups (broad SMARTS) is 1. The smallest absolute Gasteiger partial charge is 0.316 e. The summed E-state index contributed by atoms with van der Waals surface area (Å²) in [6.07, 6.45) is 0.966. The Labute approximate surface area is 91.1 Å². The SMILES string of the molecule is Cc1nnc(C2(C(=O)O)CCOCC2)s1. The number of carboxylic acids is 1. The van der Waals surface area contributed by atoms with Gasteiger partial charge in [0.1, 0.15) is 15.4 Å². The molecular weight excluding hydrogens is 216 g/mol. The van der Waals surface area contributed by atoms with Crippen LogP contribution in [0.1, 0.15) is 22.9 Å². The van der Waals surface area contributed by atoms with Gasteiger partial charge in [0.2, 0.25) is 0 Å². The first-order chi connectivity index (χ1) is 7.15. The summed E-state index contributed by atoms with van der Waals surface area (Å²) < 4.78 is 5.20. The maximum absolute atomic E-state index is 11.4. The maximum Gasteiger partial charge on any atom is 0.316 e. The van der Waals surface area contributed by atoms with Crippen molar-refractivity contribution in [2.45, 2.75) is 25.2 Å². The van der Waals surface area contributed by atoms with Gasteiger partial charge in [0, 0.05) is 13.2 Å². The molecule has 0 amide bonds. The highest BCUT2D eigenvalue weighted by atomic mass is 32.1. The summed E-state index contributed by atoms with van der Waals surface area (Å²) >= 11 is 1.36. The third-order valence-electron chi connectivity index (χ3n) is 2.69. The van der Waals surface area contributed by atoms with Gasteiger partial charge in [0.15, 0.2) is 0 Å². The molecule has 0 saturated carbocycles. The number of ether oxygens (including phenoxy) is 1. The van der Waals surface area contributed by atoms with Gasteiger partial charge in [-0.25, -0.2) is 0 Å². The van der Waals surface area contributed by atoms with E-state index in [1.165, 1.54) is 11.3 Å². The van der Waals surface area contributed by atoms with Crippen molar-refractivity contribution < 1.29 is 14.6 Å². The van der Waals surface area contributed by atoms with Gasteiger partial charge in [-0.3, -0.25) is 4.79 Å². The Balaban J connectivity index is 2.37. The molecule has 1 saturated heterocycles. The highest BCUT2D eigenvalue weighted by Crippen LogP contribution is 2.36. The van der Waals surface area contributed by atoms with Gasteiger partial charge >= 0.3 is 5.97 Å². The van der Waals surface area contributed by atoms with Crippen LogP contribution in [0.15, 0.2) is 0 Å². The molecule has 1 N–H and O–H groups in total. The predicted octanol–water partition coefficient (Wildman–Crippen LogP) is 0.979. The molecule has 0 atom stereocenters. The number of nitrogens with zero attached hydrogens (tertiary/aromatic N) is 2. The zero-order chi connectivity index (χ0) is 10.9. The Hall–Kier alpha value is -1.01. The molecule has 0 aromatic carbocycles. The van der Waals surface area contributed by atoms with Crippen LogP contribution in [0.3, 0.4) is 0 Å². The van der Waals surface area contributed by atoms with E-state index < -0.39 is 11.4 Å². The molecular formula is C9H12N2O3S. The largest absolute Gasteiger partial charge is 0.481 e. The second-order valence-corrected chi connectivity index (χ2v) is 4.81. The average Bonchev–Trinajstić information content (AvgIpc) is 2.66. The first-order valence-corrected chi connectivity index (χ1v) is 5.58. The predicted molar refractivity (Wildman–Crippen MR) is 54.0 cm³/mol. The van der Waals surface area contributed by atoms with E-state index in [-0.39, 0.29) is 0 Å². The summed E-state index contributed by atoms with van der Waals surface area (Å²) in [4.78, 5) is 11.4. The zero-order valence-electron chi connectivity index (χ0n) is 8.39. The van der Waals surface area contributed by atoms with Crippen molar-refractivity contribution in [1.29, 1.82) is 0 Å². The number of rotatable bonds is 2. The summed E-state index contributed by atoms with van der Waals surface area (Å²) in [6, 6.07) is 0. The minimum atomic E-state index is -0.871. The van der Waals surface area contributed by atoms with Crippen LogP contribution in [0.5, 0.6) is 0 Å². The Morgan fingerprint density at radius 3 is 2.60 bits per heavy atom. The Kier molecular flexibility index (Phi) is 2.70. The van der Waals surface area contributed by atoms with Gasteiger partial charge in [0.25, 0.3) is 0 Å². The molecule has 1 aliphatic heterocycles. The number of carbonyl (C=O) groups is 1. The van der Waals surface area contributed by atoms with Crippen LogP contribution < -0.4 is 0 Å². The summed E-state index contributed by atoms with van der Waals surface area (Å²) in [6.45, 7) is 2.78. The van der Waals surface area contributed by atoms with E-state index in [2.05, 4.69) is 10.2 Å². The zero-order valence-corrected chi connectivity index (χ0v) is 9.21. The Morgan fingerprint density at radius 2 is 2.13 bits per heavy atom. The third kappa shape index (κ3) is 1.74. The fraction of sp³-hybridized carbons (Fsp3) is 0.667. The molecule has 5 nitrogen and oxygen atoms in total. The molecule has 0 aliphatic carbocycles. The molecule has 6 heteroatoms. The van der Waals surface area contributed by atoms with Crippen molar-refractivity contribution in [3.8, 4) is 0 Å². The molecule has 15 heavy (non-hydrogen) atoms. The number of aromatic nitrogens is 2. The molecule has 0 radical (unpaired) electrons. The number of hydrogen-bond acceptors (Lipinski definition) is 5. The summed E-state index contributed by atoms with van der Waals surface area (Å²) in [5, 5.41) is 18.6. The summed E-state index contributed by atoms with van der Waals surface area (Å²) in [5.41, 5.74) is -0.871. The fourth-order valence-electron chi connectivity index (χ4n) is 1.73. The standard InChI is InChI=1S/C9H12N2O3S/c1-6-10-11-7(15-6)9(8(12)13)2-4-14-5-3-9/h2-5H2,1H3,(H,12,13). The van der Waals surface area contributed by atoms with Crippen molar-refractivity contribution in [1.82, 2.24) is 10.2 Å². The van der Waals surface area contributed by atoms with Crippen molar-refractivity contribution in [3.05, 3.63) is 10.0 Å². The monoisotopic (exact) mass is 228 g/mol. The fourth-order valence-corrected chi connectivity index (χ4v) is 2.66. The summed E-state index contributed by atoms with van der Waals surface area (Å²) in [7, 11) is 0. The third-order valence-corrected chi connectivity index (χ3v) is 3.73. The van der Waals surface area contributed by atoms with Gasteiger partial charge in [-0.05, 0) is 19.8 Å². The van der Waals surface area contributed by atoms with E-state index in [1.54, 1.807) is 0 Å². The molecule has 1 aromatic rings. The van der Waals surface area contributed by atoms with E-state index in [1.807, 2.05) is 6.92 Å². The molecule has 2 rings (SSSR count). The molecule has 0 spiro atoms. The van der Waals surface area contributed by atoms with E-state index in [0.29, 0.717) is 31.1 Å². The van der Waals surface area contributed by atoms with E-state index in [9.17, 15) is 9.90 Å². The van der Waals surface area contributed by atoms with Gasteiger partial charge in [-0.1, -0.05) is 0 Å². The number of hydrogen-bond donors (Lipinski definition) is 1. The van der Waals surface area contributed by atoms with Crippen LogP contribution in [-0.4, -0.2) is 34.5 Å². The average molecular weight is 228 g/mol. The number of aryl methyl sites for hydroxylation is 1. The molecule has 1 aliphatic rings. The lowest BCUT2D eigenvalue weighted by atomic mass is 9.81. The van der Waals surface area contributed by atoms with Crippen LogP contribution in [0.25, 0.3) is 0 Å². The molecule has 2 heterocycles. The molecule has 0 bridgehead atoms. The highest BCUT2D eigenvalue weighted by Gasteiger charge is 2.44. The van der Waals surface area contributed by atoms with E-state index >= 15 is 0 Å². The molecule has 1 aromatic heterocycles. The molecule has 1 fully saturated rings. The van der Waals surface area contributed by atoms with Crippen LogP contribution in [0.2, 0.25) is 0 Å². The van der Waals surface area contributed by atoms with Gasteiger partial charge in [-0.2, -0.15) is 0 Å². The van der Waals surface area contributed by atoms with Crippen LogP contribution >= 0.6 is 11.3 Å². The van der Waals surface area contributed by atoms with Crippen molar-refractivity contribution in [3.63, 3.8) is 0 Å². The lowest BCUT2D eigenvalue weighted by molar-refractivity contribution is -0.147. The highest BCUT2D eigenvalue weighted by molar-refractivity contribution is 7.11. The Bertz CT molecular complexity index is 371. The van der Waals surface area contributed by atoms with Gasteiger partial charge < -0.3 is 9.84 Å². The second-order valence-electron chi connectivity index (χ2n) is 3.63. The van der Waals surface area contributed by atoms with Gasteiger partial charge in [0.05, 0.1) is 0 Å². The quantitative estimate of drug-likeness (QED) is 0.816. The summed E-state index contributed by atoms with van der Waals surface area (Å²) in [5.74, 6) is -0.818. The van der Waals surface area contributed by atoms with Crippen molar-refractivity contribution in [2.24, 2.45) is 0 Å². The molecule has 0 unspecified atom stereocenters. The first-order valence-electron chi connectivity index (χ1n) is 4.77. The van der Waals surface area contributed by atoms with Crippen LogP contribution in [0.4, 0.5) is 0 Å². The normalized spacial score (nSPS) is 20.1. The maximum atomic E-state index is 11.4. The minimum absolute atomic E-state index is 0.477. The number of aliphatic carboxylic acids is 1. The van der Waals surface area contributed by atoms with Crippen LogP contribution in [-0.2, 0) is 14.9 Å². The van der Waals surface area contributed by atoms with Crippen LogP contribution in [0, 0.1) is 6.92 Å². The van der Waals surface area contributed by atoms with Crippen molar-refractivity contribution >= 4 is 17.3 Å². The van der Waals surface area contributed by atoms with E-state index in [4.69, 9.17) is 4.74 Å². The Morgan fingerprint density at radius 1 is 1.47 bits per heavy atom. The lowest BCUT2D eigenvalue weighted by Crippen LogP contribution is -2.41. The molecule has 82 valence electrons. The minimum Gasteiger partial charge on any atom is -0.481 e.